The smallest absolute Gasteiger partial charge is 0.101 e. The van der Waals surface area contributed by atoms with Crippen LogP contribution in [0.25, 0.3) is 0 Å². The Hall–Kier alpha value is -3.18. The number of nitrogens with zero attached hydrogens (tertiary/aromatic N) is 2. The van der Waals surface area contributed by atoms with Gasteiger partial charge in [0.05, 0.1) is 17.0 Å². The standard InChI is InChI=1S/C21H16N2/c1-16-12-13-19(15-22)20(14-16)23-21(17-8-4-2-5-9-17)18-10-6-3-7-11-18/h2-14H,1H3. The van der Waals surface area contributed by atoms with Crippen LogP contribution in [0.5, 0.6) is 0 Å². The molecule has 0 aromatic heterocycles. The molecule has 0 N–H and O–H groups in total. The van der Waals surface area contributed by atoms with E-state index in [0.29, 0.717) is 11.3 Å². The number of rotatable bonds is 3. The summed E-state index contributed by atoms with van der Waals surface area (Å²) in [4.78, 5) is 4.82. The Morgan fingerprint density at radius 2 is 1.39 bits per heavy atom. The van der Waals surface area contributed by atoms with Gasteiger partial charge in [-0.15, -0.1) is 0 Å². The fourth-order valence-corrected chi connectivity index (χ4v) is 2.44. The van der Waals surface area contributed by atoms with E-state index >= 15 is 0 Å². The lowest BCUT2D eigenvalue weighted by atomic mass is 10.0. The minimum atomic E-state index is 0.583. The van der Waals surface area contributed by atoms with Gasteiger partial charge in [-0.05, 0) is 24.6 Å². The van der Waals surface area contributed by atoms with E-state index in [9.17, 15) is 5.26 Å². The van der Waals surface area contributed by atoms with Crippen LogP contribution < -0.4 is 0 Å². The number of nitriles is 1. The van der Waals surface area contributed by atoms with Crippen LogP contribution in [0.1, 0.15) is 22.3 Å². The number of hydrogen-bond donors (Lipinski definition) is 0. The third-order valence-corrected chi connectivity index (χ3v) is 3.60. The second kappa shape index (κ2) is 6.72. The van der Waals surface area contributed by atoms with E-state index in [1.807, 2.05) is 85.8 Å². The first-order valence-electron chi connectivity index (χ1n) is 7.48. The van der Waals surface area contributed by atoms with E-state index < -0.39 is 0 Å². The molecule has 0 aliphatic rings. The summed E-state index contributed by atoms with van der Waals surface area (Å²) in [5, 5.41) is 9.34. The van der Waals surface area contributed by atoms with Crippen LogP contribution in [0.15, 0.2) is 83.9 Å². The van der Waals surface area contributed by atoms with Crippen LogP contribution in [-0.4, -0.2) is 5.71 Å². The highest BCUT2D eigenvalue weighted by molar-refractivity contribution is 6.14. The summed E-state index contributed by atoms with van der Waals surface area (Å²) in [6.45, 7) is 2.00. The number of aliphatic imine (C=N–C) groups is 1. The van der Waals surface area contributed by atoms with Crippen molar-refractivity contribution in [1.82, 2.24) is 0 Å². The maximum absolute atomic E-state index is 9.34. The predicted molar refractivity (Wildman–Crippen MR) is 94.1 cm³/mol. The lowest BCUT2D eigenvalue weighted by Crippen LogP contribution is -2.02. The Bertz CT molecular complexity index is 831. The third-order valence-electron chi connectivity index (χ3n) is 3.60. The van der Waals surface area contributed by atoms with Gasteiger partial charge in [-0.1, -0.05) is 66.7 Å². The van der Waals surface area contributed by atoms with Gasteiger partial charge in [-0.2, -0.15) is 5.26 Å². The van der Waals surface area contributed by atoms with Crippen LogP contribution in [0.2, 0.25) is 0 Å². The molecule has 0 radical (unpaired) electrons. The van der Waals surface area contributed by atoms with Gasteiger partial charge in [0.1, 0.15) is 6.07 Å². The Balaban J connectivity index is 2.21. The minimum Gasteiger partial charge on any atom is -0.246 e. The Morgan fingerprint density at radius 3 is 1.91 bits per heavy atom. The molecular formula is C21H16N2. The van der Waals surface area contributed by atoms with Crippen LogP contribution >= 0.6 is 0 Å². The summed E-state index contributed by atoms with van der Waals surface area (Å²) in [5.41, 5.74) is 5.31. The first-order valence-corrected chi connectivity index (χ1v) is 7.48. The molecule has 110 valence electrons. The summed E-state index contributed by atoms with van der Waals surface area (Å²) in [6, 6.07) is 28.0. The quantitative estimate of drug-likeness (QED) is 0.624. The molecule has 0 atom stereocenters. The highest BCUT2D eigenvalue weighted by atomic mass is 14.8. The number of benzene rings is 3. The summed E-state index contributed by atoms with van der Waals surface area (Å²) < 4.78 is 0. The Morgan fingerprint density at radius 1 is 0.826 bits per heavy atom. The van der Waals surface area contributed by atoms with Crippen molar-refractivity contribution in [3.63, 3.8) is 0 Å². The van der Waals surface area contributed by atoms with Gasteiger partial charge in [0, 0.05) is 11.1 Å². The second-order valence-electron chi connectivity index (χ2n) is 5.32. The van der Waals surface area contributed by atoms with Crippen molar-refractivity contribution < 1.29 is 0 Å². The zero-order valence-electron chi connectivity index (χ0n) is 12.9. The molecule has 0 unspecified atom stereocenters. The van der Waals surface area contributed by atoms with E-state index in [-0.39, 0.29) is 0 Å². The van der Waals surface area contributed by atoms with Crippen molar-refractivity contribution in [3.05, 3.63) is 101 Å². The highest BCUT2D eigenvalue weighted by Gasteiger charge is 2.09. The normalized spacial score (nSPS) is 9.91. The third kappa shape index (κ3) is 3.36. The van der Waals surface area contributed by atoms with Crippen LogP contribution in [0.4, 0.5) is 5.69 Å². The molecule has 3 rings (SSSR count). The van der Waals surface area contributed by atoms with Crippen molar-refractivity contribution >= 4 is 11.4 Å². The molecule has 0 spiro atoms. The molecule has 23 heavy (non-hydrogen) atoms. The van der Waals surface area contributed by atoms with Crippen molar-refractivity contribution in [2.75, 3.05) is 0 Å². The van der Waals surface area contributed by atoms with Gasteiger partial charge >= 0.3 is 0 Å². The van der Waals surface area contributed by atoms with E-state index in [2.05, 4.69) is 6.07 Å². The summed E-state index contributed by atoms with van der Waals surface area (Å²) in [5.74, 6) is 0. The van der Waals surface area contributed by atoms with E-state index in [1.165, 1.54) is 0 Å². The monoisotopic (exact) mass is 296 g/mol. The molecule has 2 nitrogen and oxygen atoms in total. The number of hydrogen-bond acceptors (Lipinski definition) is 2. The molecule has 0 amide bonds. The summed E-state index contributed by atoms with van der Waals surface area (Å²) in [6.07, 6.45) is 0. The zero-order valence-corrected chi connectivity index (χ0v) is 12.9. The molecule has 3 aromatic carbocycles. The molecule has 3 aromatic rings. The molecule has 0 bridgehead atoms. The lowest BCUT2D eigenvalue weighted by Gasteiger charge is -2.09. The lowest BCUT2D eigenvalue weighted by molar-refractivity contribution is 1.38. The largest absolute Gasteiger partial charge is 0.246 e. The van der Waals surface area contributed by atoms with Crippen molar-refractivity contribution in [1.29, 1.82) is 5.26 Å². The van der Waals surface area contributed by atoms with Gasteiger partial charge < -0.3 is 0 Å². The molecule has 0 heterocycles. The Kier molecular flexibility index (Phi) is 4.31. The first-order chi connectivity index (χ1) is 11.3. The van der Waals surface area contributed by atoms with Crippen LogP contribution in [-0.2, 0) is 0 Å². The summed E-state index contributed by atoms with van der Waals surface area (Å²) in [7, 11) is 0. The molecule has 2 heteroatoms. The fraction of sp³-hybridized carbons (Fsp3) is 0.0476. The average molecular weight is 296 g/mol. The van der Waals surface area contributed by atoms with Crippen LogP contribution in [0.3, 0.4) is 0 Å². The predicted octanol–water partition coefficient (Wildman–Crippen LogP) is 5.04. The van der Waals surface area contributed by atoms with E-state index in [0.717, 1.165) is 22.4 Å². The van der Waals surface area contributed by atoms with Crippen molar-refractivity contribution in [2.24, 2.45) is 4.99 Å². The van der Waals surface area contributed by atoms with Crippen molar-refractivity contribution in [2.45, 2.75) is 6.92 Å². The average Bonchev–Trinajstić information content (AvgIpc) is 2.61. The maximum Gasteiger partial charge on any atom is 0.101 e. The topological polar surface area (TPSA) is 36.1 Å². The van der Waals surface area contributed by atoms with Gasteiger partial charge in [0.15, 0.2) is 0 Å². The van der Waals surface area contributed by atoms with Crippen molar-refractivity contribution in [3.8, 4) is 6.07 Å². The molecule has 0 saturated carbocycles. The van der Waals surface area contributed by atoms with E-state index in [1.54, 1.807) is 0 Å². The molecule has 0 fully saturated rings. The van der Waals surface area contributed by atoms with Gasteiger partial charge in [0.2, 0.25) is 0 Å². The summed E-state index contributed by atoms with van der Waals surface area (Å²) >= 11 is 0. The Labute approximate surface area is 136 Å². The van der Waals surface area contributed by atoms with Gasteiger partial charge in [-0.25, -0.2) is 4.99 Å². The minimum absolute atomic E-state index is 0.583. The SMILES string of the molecule is Cc1ccc(C#N)c(N=C(c2ccccc2)c2ccccc2)c1. The number of aryl methyl sites for hydroxylation is 1. The zero-order chi connectivity index (χ0) is 16.1. The second-order valence-corrected chi connectivity index (χ2v) is 5.32. The van der Waals surface area contributed by atoms with E-state index in [4.69, 9.17) is 4.99 Å². The fourth-order valence-electron chi connectivity index (χ4n) is 2.44. The van der Waals surface area contributed by atoms with Gasteiger partial charge in [0.25, 0.3) is 0 Å². The first kappa shape index (κ1) is 14.7. The van der Waals surface area contributed by atoms with Crippen LogP contribution in [0, 0.1) is 18.3 Å². The molecule has 0 saturated heterocycles. The molecule has 0 aliphatic carbocycles. The van der Waals surface area contributed by atoms with Gasteiger partial charge in [-0.3, -0.25) is 0 Å². The molecule has 0 aliphatic heterocycles. The maximum atomic E-state index is 9.34. The molecular weight excluding hydrogens is 280 g/mol. The highest BCUT2D eigenvalue weighted by Crippen LogP contribution is 2.23.